The molecule has 0 saturated heterocycles. The highest BCUT2D eigenvalue weighted by Crippen LogP contribution is 2.39. The number of nitrogens with zero attached hydrogens (tertiary/aromatic N) is 3. The summed E-state index contributed by atoms with van der Waals surface area (Å²) in [6.45, 7) is 3.72. The van der Waals surface area contributed by atoms with Crippen LogP contribution in [0.2, 0.25) is 0 Å². The van der Waals surface area contributed by atoms with Crippen molar-refractivity contribution in [3.63, 3.8) is 0 Å². The molecule has 0 radical (unpaired) electrons. The standard InChI is InChI=1S/C18H22N4O5S/c1-4-9-27-18(24)13-11-7-5-6-8-12(11)28-17(13)19-16(23)14-15(22(25)26)10(2)21(3)20-14/h4-9H2,1-3H3,(H,19,23). The monoisotopic (exact) mass is 406 g/mol. The molecule has 1 aliphatic rings. The molecule has 0 aliphatic heterocycles. The van der Waals surface area contributed by atoms with Crippen LogP contribution in [0.4, 0.5) is 10.7 Å². The van der Waals surface area contributed by atoms with E-state index >= 15 is 0 Å². The molecule has 10 heteroatoms. The quantitative estimate of drug-likeness (QED) is 0.446. The normalized spacial score (nSPS) is 13.1. The fourth-order valence-corrected chi connectivity index (χ4v) is 4.54. The number of carbonyl (C=O) groups excluding carboxylic acids is 2. The maximum atomic E-state index is 12.8. The number of ether oxygens (including phenoxy) is 1. The van der Waals surface area contributed by atoms with Gasteiger partial charge in [0.05, 0.1) is 17.1 Å². The van der Waals surface area contributed by atoms with Crippen molar-refractivity contribution in [2.45, 2.75) is 46.0 Å². The maximum Gasteiger partial charge on any atom is 0.341 e. The van der Waals surface area contributed by atoms with Gasteiger partial charge in [-0.05, 0) is 44.6 Å². The van der Waals surface area contributed by atoms with Crippen LogP contribution in [0.1, 0.15) is 63.2 Å². The van der Waals surface area contributed by atoms with Crippen molar-refractivity contribution in [3.8, 4) is 0 Å². The first-order valence-electron chi connectivity index (χ1n) is 9.16. The number of aryl methyl sites for hydroxylation is 2. The minimum absolute atomic E-state index is 0.274. The molecule has 0 bridgehead atoms. The van der Waals surface area contributed by atoms with Crippen LogP contribution >= 0.6 is 11.3 Å². The van der Waals surface area contributed by atoms with E-state index in [1.54, 1.807) is 0 Å². The number of nitro groups is 1. The SMILES string of the molecule is CCCOC(=O)c1c(NC(=O)c2nn(C)c(C)c2[N+](=O)[O-])sc2c1CCCC2. The van der Waals surface area contributed by atoms with E-state index in [4.69, 9.17) is 4.74 Å². The zero-order chi connectivity index (χ0) is 20.4. The Labute approximate surface area is 165 Å². The van der Waals surface area contributed by atoms with Crippen molar-refractivity contribution in [2.75, 3.05) is 11.9 Å². The van der Waals surface area contributed by atoms with Crippen molar-refractivity contribution < 1.29 is 19.2 Å². The average Bonchev–Trinajstić information content (AvgIpc) is 3.17. The predicted molar refractivity (Wildman–Crippen MR) is 104 cm³/mol. The van der Waals surface area contributed by atoms with Crippen molar-refractivity contribution in [2.24, 2.45) is 7.05 Å². The first-order chi connectivity index (χ1) is 13.3. The van der Waals surface area contributed by atoms with Gasteiger partial charge in [0.2, 0.25) is 5.69 Å². The van der Waals surface area contributed by atoms with Gasteiger partial charge in [0, 0.05) is 11.9 Å². The Morgan fingerprint density at radius 2 is 2.07 bits per heavy atom. The van der Waals surface area contributed by atoms with E-state index in [9.17, 15) is 19.7 Å². The van der Waals surface area contributed by atoms with Crippen molar-refractivity contribution >= 4 is 33.9 Å². The van der Waals surface area contributed by atoms with Crippen LogP contribution in [0.5, 0.6) is 0 Å². The van der Waals surface area contributed by atoms with Gasteiger partial charge in [-0.25, -0.2) is 4.79 Å². The van der Waals surface area contributed by atoms with Crippen molar-refractivity contribution in [3.05, 3.63) is 37.5 Å². The van der Waals surface area contributed by atoms with Crippen LogP contribution in [0.15, 0.2) is 0 Å². The summed E-state index contributed by atoms with van der Waals surface area (Å²) in [5, 5.41) is 18.4. The third-order valence-corrected chi connectivity index (χ3v) is 5.95. The van der Waals surface area contributed by atoms with Gasteiger partial charge in [0.25, 0.3) is 5.91 Å². The molecule has 150 valence electrons. The van der Waals surface area contributed by atoms with Crippen LogP contribution in [-0.4, -0.2) is 33.2 Å². The lowest BCUT2D eigenvalue weighted by atomic mass is 9.95. The summed E-state index contributed by atoms with van der Waals surface area (Å²) in [4.78, 5) is 37.2. The Kier molecular flexibility index (Phi) is 5.78. The summed E-state index contributed by atoms with van der Waals surface area (Å²) in [5.74, 6) is -1.18. The molecule has 2 aromatic heterocycles. The van der Waals surface area contributed by atoms with Crippen LogP contribution in [0.25, 0.3) is 0 Å². The van der Waals surface area contributed by atoms with E-state index < -0.39 is 16.8 Å². The van der Waals surface area contributed by atoms with E-state index in [2.05, 4.69) is 10.4 Å². The second-order valence-electron chi connectivity index (χ2n) is 6.67. The van der Waals surface area contributed by atoms with Crippen LogP contribution in [0.3, 0.4) is 0 Å². The summed E-state index contributed by atoms with van der Waals surface area (Å²) in [7, 11) is 1.54. The maximum absolute atomic E-state index is 12.8. The number of hydrogen-bond acceptors (Lipinski definition) is 7. The number of aromatic nitrogens is 2. The molecule has 0 spiro atoms. The Hall–Kier alpha value is -2.75. The van der Waals surface area contributed by atoms with Crippen LogP contribution in [0, 0.1) is 17.0 Å². The zero-order valence-corrected chi connectivity index (χ0v) is 16.9. The number of amides is 1. The Bertz CT molecular complexity index is 946. The number of nitrogens with one attached hydrogen (secondary N) is 1. The van der Waals surface area contributed by atoms with E-state index in [0.29, 0.717) is 23.6 Å². The molecule has 2 heterocycles. The lowest BCUT2D eigenvalue weighted by Gasteiger charge is -2.12. The van der Waals surface area contributed by atoms with E-state index in [0.717, 1.165) is 36.1 Å². The second-order valence-corrected chi connectivity index (χ2v) is 7.77. The molecular weight excluding hydrogens is 384 g/mol. The first-order valence-corrected chi connectivity index (χ1v) is 9.97. The summed E-state index contributed by atoms with van der Waals surface area (Å²) >= 11 is 1.33. The predicted octanol–water partition coefficient (Wildman–Crippen LogP) is 3.40. The molecule has 0 unspecified atom stereocenters. The number of anilines is 1. The molecule has 9 nitrogen and oxygen atoms in total. The lowest BCUT2D eigenvalue weighted by molar-refractivity contribution is -0.385. The van der Waals surface area contributed by atoms with Crippen LogP contribution < -0.4 is 5.32 Å². The number of rotatable bonds is 6. The summed E-state index contributed by atoms with van der Waals surface area (Å²) in [6.07, 6.45) is 4.28. The smallest absolute Gasteiger partial charge is 0.341 e. The highest BCUT2D eigenvalue weighted by molar-refractivity contribution is 7.17. The molecule has 28 heavy (non-hydrogen) atoms. The number of fused-ring (bicyclic) bond motifs is 1. The Morgan fingerprint density at radius 1 is 1.36 bits per heavy atom. The zero-order valence-electron chi connectivity index (χ0n) is 16.0. The Balaban J connectivity index is 1.97. The number of carbonyl (C=O) groups is 2. The number of esters is 1. The molecule has 1 amide bonds. The van der Waals surface area contributed by atoms with Gasteiger partial charge in [-0.15, -0.1) is 11.3 Å². The van der Waals surface area contributed by atoms with Gasteiger partial charge < -0.3 is 10.1 Å². The van der Waals surface area contributed by atoms with Crippen molar-refractivity contribution in [1.82, 2.24) is 9.78 Å². The Morgan fingerprint density at radius 3 is 2.75 bits per heavy atom. The number of thiophene rings is 1. The fraction of sp³-hybridized carbons (Fsp3) is 0.500. The number of hydrogen-bond donors (Lipinski definition) is 1. The van der Waals surface area contributed by atoms with Crippen molar-refractivity contribution in [1.29, 1.82) is 0 Å². The molecule has 3 rings (SSSR count). The summed E-state index contributed by atoms with van der Waals surface area (Å²) < 4.78 is 6.60. The van der Waals surface area contributed by atoms with E-state index in [-0.39, 0.29) is 17.1 Å². The van der Waals surface area contributed by atoms with Gasteiger partial charge in [-0.2, -0.15) is 5.10 Å². The van der Waals surface area contributed by atoms with Gasteiger partial charge in [-0.3, -0.25) is 19.6 Å². The van der Waals surface area contributed by atoms with E-state index in [1.165, 1.54) is 30.0 Å². The molecule has 0 aromatic carbocycles. The highest BCUT2D eigenvalue weighted by atomic mass is 32.1. The largest absolute Gasteiger partial charge is 0.462 e. The minimum atomic E-state index is -0.710. The topological polar surface area (TPSA) is 116 Å². The molecule has 1 N–H and O–H groups in total. The third-order valence-electron chi connectivity index (χ3n) is 4.74. The summed E-state index contributed by atoms with van der Waals surface area (Å²) in [5.41, 5.74) is 0.958. The van der Waals surface area contributed by atoms with Gasteiger partial charge in [0.1, 0.15) is 10.7 Å². The average molecular weight is 406 g/mol. The molecule has 0 atom stereocenters. The lowest BCUT2D eigenvalue weighted by Crippen LogP contribution is -2.17. The molecule has 0 saturated carbocycles. The second kappa shape index (κ2) is 8.09. The minimum Gasteiger partial charge on any atom is -0.462 e. The van der Waals surface area contributed by atoms with Gasteiger partial charge in [-0.1, -0.05) is 6.92 Å². The van der Waals surface area contributed by atoms with E-state index in [1.807, 2.05) is 6.92 Å². The molecule has 0 fully saturated rings. The highest BCUT2D eigenvalue weighted by Gasteiger charge is 2.32. The van der Waals surface area contributed by atoms with Crippen LogP contribution in [-0.2, 0) is 24.6 Å². The molecule has 1 aliphatic carbocycles. The van der Waals surface area contributed by atoms with Gasteiger partial charge >= 0.3 is 11.7 Å². The fourth-order valence-electron chi connectivity index (χ4n) is 3.27. The third kappa shape index (κ3) is 3.64. The summed E-state index contributed by atoms with van der Waals surface area (Å²) in [6, 6.07) is 0. The van der Waals surface area contributed by atoms with Gasteiger partial charge in [0.15, 0.2) is 0 Å². The first kappa shape index (κ1) is 20.0. The molecular formula is C18H22N4O5S. The molecule has 2 aromatic rings.